The van der Waals surface area contributed by atoms with E-state index in [2.05, 4.69) is 29.1 Å². The molecule has 0 heterocycles. The second-order valence-electron chi connectivity index (χ2n) is 6.87. The van der Waals surface area contributed by atoms with Gasteiger partial charge in [-0.3, -0.25) is 4.72 Å². The molecule has 3 aromatic carbocycles. The van der Waals surface area contributed by atoms with Gasteiger partial charge in [-0.15, -0.1) is 0 Å². The van der Waals surface area contributed by atoms with Crippen molar-refractivity contribution >= 4 is 21.4 Å². The smallest absolute Gasteiger partial charge is 0.232 e. The number of nitrogens with one attached hydrogen (secondary N) is 2. The third-order valence-electron chi connectivity index (χ3n) is 4.62. The summed E-state index contributed by atoms with van der Waals surface area (Å²) in [5, 5.41) is 3.37. The lowest BCUT2D eigenvalue weighted by Gasteiger charge is -2.11. The fraction of sp³-hybridized carbons (Fsp3) is 0.217. The fourth-order valence-electron chi connectivity index (χ4n) is 3.00. The summed E-state index contributed by atoms with van der Waals surface area (Å²) in [5.74, 6) is 0.106. The topological polar surface area (TPSA) is 58.2 Å². The van der Waals surface area contributed by atoms with Crippen molar-refractivity contribution in [3.8, 4) is 0 Å². The molecule has 28 heavy (non-hydrogen) atoms. The molecule has 0 aromatic heterocycles. The molecule has 0 radical (unpaired) electrons. The minimum absolute atomic E-state index is 0.106. The molecule has 3 rings (SSSR count). The van der Waals surface area contributed by atoms with Crippen LogP contribution in [0.2, 0.25) is 0 Å². The molecule has 0 bridgehead atoms. The lowest BCUT2D eigenvalue weighted by atomic mass is 10.1. The molecule has 0 aliphatic heterocycles. The molecule has 4 nitrogen and oxygen atoms in total. The molecule has 0 aliphatic rings. The van der Waals surface area contributed by atoms with Gasteiger partial charge in [0.05, 0.1) is 5.75 Å². The Bertz CT molecular complexity index is 985. The lowest BCUT2D eigenvalue weighted by Crippen LogP contribution is -2.17. The van der Waals surface area contributed by atoms with Gasteiger partial charge in [0, 0.05) is 17.9 Å². The summed E-state index contributed by atoms with van der Waals surface area (Å²) < 4.78 is 27.3. The van der Waals surface area contributed by atoms with Crippen LogP contribution >= 0.6 is 0 Å². The van der Waals surface area contributed by atoms with Gasteiger partial charge in [0.25, 0.3) is 0 Å². The SMILES string of the molecule is Cc1ccccc1CNc1ccc(NS(=O)(=O)CCCc2ccccc2)cc1. The van der Waals surface area contributed by atoms with Gasteiger partial charge in [0.1, 0.15) is 0 Å². The van der Waals surface area contributed by atoms with Gasteiger partial charge >= 0.3 is 0 Å². The maximum absolute atomic E-state index is 12.3. The van der Waals surface area contributed by atoms with Gasteiger partial charge < -0.3 is 5.32 Å². The predicted octanol–water partition coefficient (Wildman–Crippen LogP) is 4.98. The second-order valence-corrected chi connectivity index (χ2v) is 8.71. The van der Waals surface area contributed by atoms with E-state index in [-0.39, 0.29) is 5.75 Å². The molecule has 0 aliphatic carbocycles. The van der Waals surface area contributed by atoms with Crippen LogP contribution < -0.4 is 10.0 Å². The van der Waals surface area contributed by atoms with E-state index in [0.717, 1.165) is 24.2 Å². The molecule has 0 unspecified atom stereocenters. The summed E-state index contributed by atoms with van der Waals surface area (Å²) >= 11 is 0. The standard InChI is InChI=1S/C23H26N2O2S/c1-19-8-5-6-12-21(19)18-24-22-13-15-23(16-14-22)25-28(26,27)17-7-11-20-9-3-2-4-10-20/h2-6,8-10,12-16,24-25H,7,11,17-18H2,1H3. The number of aryl methyl sites for hydroxylation is 2. The van der Waals surface area contributed by atoms with Crippen molar-refractivity contribution in [2.45, 2.75) is 26.3 Å². The van der Waals surface area contributed by atoms with E-state index in [0.29, 0.717) is 12.1 Å². The Kier molecular flexibility index (Phi) is 6.71. The van der Waals surface area contributed by atoms with Gasteiger partial charge in [-0.2, -0.15) is 0 Å². The average Bonchev–Trinajstić information content (AvgIpc) is 2.69. The molecular weight excluding hydrogens is 368 g/mol. The van der Waals surface area contributed by atoms with Crippen molar-refractivity contribution < 1.29 is 8.42 Å². The average molecular weight is 395 g/mol. The number of hydrogen-bond acceptors (Lipinski definition) is 3. The van der Waals surface area contributed by atoms with Crippen molar-refractivity contribution in [1.29, 1.82) is 0 Å². The Hall–Kier alpha value is -2.79. The van der Waals surface area contributed by atoms with Gasteiger partial charge in [-0.05, 0) is 60.7 Å². The zero-order valence-electron chi connectivity index (χ0n) is 16.1. The van der Waals surface area contributed by atoms with Crippen LogP contribution in [0.25, 0.3) is 0 Å². The van der Waals surface area contributed by atoms with Gasteiger partial charge in [-0.1, -0.05) is 54.6 Å². The summed E-state index contributed by atoms with van der Waals surface area (Å²) in [6.45, 7) is 2.82. The summed E-state index contributed by atoms with van der Waals surface area (Å²) in [6.07, 6.45) is 1.35. The summed E-state index contributed by atoms with van der Waals surface area (Å²) in [7, 11) is -3.35. The molecule has 2 N–H and O–H groups in total. The molecule has 0 fully saturated rings. The molecule has 0 saturated heterocycles. The lowest BCUT2D eigenvalue weighted by molar-refractivity contribution is 0.598. The van der Waals surface area contributed by atoms with E-state index in [4.69, 9.17) is 0 Å². The monoisotopic (exact) mass is 394 g/mol. The molecule has 0 amide bonds. The van der Waals surface area contributed by atoms with E-state index < -0.39 is 10.0 Å². The minimum atomic E-state index is -3.35. The Balaban J connectivity index is 1.49. The fourth-order valence-corrected chi connectivity index (χ4v) is 4.13. The van der Waals surface area contributed by atoms with Crippen LogP contribution in [0.15, 0.2) is 78.9 Å². The normalized spacial score (nSPS) is 11.2. The number of hydrogen-bond donors (Lipinski definition) is 2. The highest BCUT2D eigenvalue weighted by molar-refractivity contribution is 7.92. The van der Waals surface area contributed by atoms with E-state index in [9.17, 15) is 8.42 Å². The molecule has 0 spiro atoms. The number of anilines is 2. The maximum Gasteiger partial charge on any atom is 0.232 e. The van der Waals surface area contributed by atoms with Crippen LogP contribution in [0, 0.1) is 6.92 Å². The van der Waals surface area contributed by atoms with Crippen LogP contribution in [-0.2, 0) is 23.0 Å². The Morgan fingerprint density at radius 2 is 1.43 bits per heavy atom. The first-order valence-electron chi connectivity index (χ1n) is 9.45. The van der Waals surface area contributed by atoms with Crippen molar-refractivity contribution in [1.82, 2.24) is 0 Å². The number of sulfonamides is 1. The zero-order valence-corrected chi connectivity index (χ0v) is 16.9. The molecule has 3 aromatic rings. The summed E-state index contributed by atoms with van der Waals surface area (Å²) in [5.41, 5.74) is 5.18. The molecular formula is C23H26N2O2S. The predicted molar refractivity (Wildman–Crippen MR) is 117 cm³/mol. The summed E-state index contributed by atoms with van der Waals surface area (Å²) in [4.78, 5) is 0. The largest absolute Gasteiger partial charge is 0.381 e. The van der Waals surface area contributed by atoms with Crippen LogP contribution in [0.3, 0.4) is 0 Å². The van der Waals surface area contributed by atoms with E-state index in [1.54, 1.807) is 12.1 Å². The Morgan fingerprint density at radius 3 is 2.14 bits per heavy atom. The minimum Gasteiger partial charge on any atom is -0.381 e. The third-order valence-corrected chi connectivity index (χ3v) is 6.00. The highest BCUT2D eigenvalue weighted by Crippen LogP contribution is 2.17. The van der Waals surface area contributed by atoms with Crippen LogP contribution in [-0.4, -0.2) is 14.2 Å². The van der Waals surface area contributed by atoms with E-state index >= 15 is 0 Å². The van der Waals surface area contributed by atoms with Crippen molar-refractivity contribution in [3.05, 3.63) is 95.6 Å². The molecule has 0 saturated carbocycles. The second kappa shape index (κ2) is 9.42. The van der Waals surface area contributed by atoms with E-state index in [1.807, 2.05) is 54.6 Å². The highest BCUT2D eigenvalue weighted by Gasteiger charge is 2.10. The molecule has 5 heteroatoms. The van der Waals surface area contributed by atoms with Crippen LogP contribution in [0.5, 0.6) is 0 Å². The maximum atomic E-state index is 12.3. The van der Waals surface area contributed by atoms with Crippen molar-refractivity contribution in [2.75, 3.05) is 15.8 Å². The van der Waals surface area contributed by atoms with Crippen LogP contribution in [0.1, 0.15) is 23.1 Å². The first kappa shape index (κ1) is 20.0. The zero-order chi connectivity index (χ0) is 19.8. The van der Waals surface area contributed by atoms with Crippen LogP contribution in [0.4, 0.5) is 11.4 Å². The quantitative estimate of drug-likeness (QED) is 0.538. The summed E-state index contributed by atoms with van der Waals surface area (Å²) in [6, 6.07) is 25.5. The van der Waals surface area contributed by atoms with Gasteiger partial charge in [0.15, 0.2) is 0 Å². The highest BCUT2D eigenvalue weighted by atomic mass is 32.2. The van der Waals surface area contributed by atoms with E-state index in [1.165, 1.54) is 11.1 Å². The number of rotatable bonds is 9. The Labute approximate surface area is 167 Å². The first-order valence-corrected chi connectivity index (χ1v) is 11.1. The number of benzene rings is 3. The Morgan fingerprint density at radius 1 is 0.786 bits per heavy atom. The molecule has 0 atom stereocenters. The van der Waals surface area contributed by atoms with Gasteiger partial charge in [-0.25, -0.2) is 8.42 Å². The van der Waals surface area contributed by atoms with Crippen molar-refractivity contribution in [3.63, 3.8) is 0 Å². The third kappa shape index (κ3) is 6.13. The van der Waals surface area contributed by atoms with Crippen molar-refractivity contribution in [2.24, 2.45) is 0 Å². The molecule has 146 valence electrons. The first-order chi connectivity index (χ1) is 13.5. The van der Waals surface area contributed by atoms with Gasteiger partial charge in [0.2, 0.25) is 10.0 Å².